The van der Waals surface area contributed by atoms with Gasteiger partial charge in [-0.2, -0.15) is 0 Å². The Morgan fingerprint density at radius 3 is 2.76 bits per heavy atom. The highest BCUT2D eigenvalue weighted by molar-refractivity contribution is 9.10. The van der Waals surface area contributed by atoms with Crippen LogP contribution in [0.2, 0.25) is 5.02 Å². The summed E-state index contributed by atoms with van der Waals surface area (Å²) in [6, 6.07) is 3.00. The van der Waals surface area contributed by atoms with Crippen LogP contribution in [-0.2, 0) is 0 Å². The van der Waals surface area contributed by atoms with Crippen molar-refractivity contribution in [3.8, 4) is 0 Å². The van der Waals surface area contributed by atoms with Crippen molar-refractivity contribution < 1.29 is 9.18 Å². The Kier molecular flexibility index (Phi) is 5.56. The predicted octanol–water partition coefficient (Wildman–Crippen LogP) is 3.80. The van der Waals surface area contributed by atoms with Gasteiger partial charge in [-0.25, -0.2) is 4.39 Å². The van der Waals surface area contributed by atoms with Crippen LogP contribution in [0.3, 0.4) is 0 Å². The number of hydrogen-bond donors (Lipinski definition) is 1. The van der Waals surface area contributed by atoms with Crippen molar-refractivity contribution in [2.45, 2.75) is 19.8 Å². The maximum Gasteiger partial charge on any atom is 0.170 e. The number of rotatable bonds is 5. The van der Waals surface area contributed by atoms with Gasteiger partial charge in [-0.3, -0.25) is 4.79 Å². The third-order valence-electron chi connectivity index (χ3n) is 2.59. The highest BCUT2D eigenvalue weighted by Crippen LogP contribution is 2.29. The molecule has 0 bridgehead atoms. The molecule has 0 aliphatic rings. The first kappa shape index (κ1) is 14.6. The highest BCUT2D eigenvalue weighted by atomic mass is 79.9. The molecule has 0 saturated heterocycles. The average Bonchev–Trinajstić information content (AvgIpc) is 2.32. The van der Waals surface area contributed by atoms with E-state index in [2.05, 4.69) is 15.9 Å². The SMILES string of the molecule is CCCC(CN)C(=O)c1ccc(Br)c(Cl)c1F. The number of carbonyl (C=O) groups excluding carboxylic acids is 1. The fraction of sp³-hybridized carbons (Fsp3) is 0.417. The Hall–Kier alpha value is -0.450. The van der Waals surface area contributed by atoms with Crippen LogP contribution < -0.4 is 5.73 Å². The summed E-state index contributed by atoms with van der Waals surface area (Å²) in [5.74, 6) is -1.30. The molecule has 1 unspecified atom stereocenters. The van der Waals surface area contributed by atoms with E-state index in [9.17, 15) is 9.18 Å². The van der Waals surface area contributed by atoms with E-state index in [0.717, 1.165) is 6.42 Å². The highest BCUT2D eigenvalue weighted by Gasteiger charge is 2.22. The molecule has 0 fully saturated rings. The molecule has 1 rings (SSSR count). The van der Waals surface area contributed by atoms with Crippen LogP contribution in [-0.4, -0.2) is 12.3 Å². The van der Waals surface area contributed by atoms with Crippen LogP contribution in [0.5, 0.6) is 0 Å². The Labute approximate surface area is 113 Å². The molecule has 94 valence electrons. The van der Waals surface area contributed by atoms with Crippen LogP contribution in [0.1, 0.15) is 30.1 Å². The summed E-state index contributed by atoms with van der Waals surface area (Å²) in [6.45, 7) is 2.18. The van der Waals surface area contributed by atoms with Gasteiger partial charge >= 0.3 is 0 Å². The van der Waals surface area contributed by atoms with Gasteiger partial charge in [0.25, 0.3) is 0 Å². The summed E-state index contributed by atoms with van der Waals surface area (Å²) in [6.07, 6.45) is 1.49. The first-order chi connectivity index (χ1) is 8.02. The van der Waals surface area contributed by atoms with E-state index in [-0.39, 0.29) is 28.8 Å². The maximum absolute atomic E-state index is 13.8. The van der Waals surface area contributed by atoms with Gasteiger partial charge in [-0.1, -0.05) is 24.9 Å². The van der Waals surface area contributed by atoms with E-state index in [1.165, 1.54) is 6.07 Å². The summed E-state index contributed by atoms with van der Waals surface area (Å²) in [7, 11) is 0. The van der Waals surface area contributed by atoms with Crippen molar-refractivity contribution in [3.05, 3.63) is 33.0 Å². The molecule has 2 nitrogen and oxygen atoms in total. The van der Waals surface area contributed by atoms with Crippen molar-refractivity contribution >= 4 is 33.3 Å². The maximum atomic E-state index is 13.8. The van der Waals surface area contributed by atoms with Gasteiger partial charge in [0, 0.05) is 16.9 Å². The molecule has 5 heteroatoms. The molecule has 1 aromatic carbocycles. The summed E-state index contributed by atoms with van der Waals surface area (Å²) in [5.41, 5.74) is 5.55. The number of ketones is 1. The third kappa shape index (κ3) is 3.27. The zero-order valence-corrected chi connectivity index (χ0v) is 11.8. The second-order valence-electron chi connectivity index (χ2n) is 3.81. The van der Waals surface area contributed by atoms with E-state index in [4.69, 9.17) is 17.3 Å². The monoisotopic (exact) mass is 321 g/mol. The fourth-order valence-electron chi connectivity index (χ4n) is 1.64. The number of hydrogen-bond acceptors (Lipinski definition) is 2. The molecular weight excluding hydrogens is 308 g/mol. The van der Waals surface area contributed by atoms with Crippen molar-refractivity contribution in [1.82, 2.24) is 0 Å². The summed E-state index contributed by atoms with van der Waals surface area (Å²) >= 11 is 8.85. The van der Waals surface area contributed by atoms with Gasteiger partial charge < -0.3 is 5.73 Å². The molecular formula is C12H14BrClFNO. The molecule has 0 aromatic heterocycles. The summed E-state index contributed by atoms with van der Waals surface area (Å²) < 4.78 is 14.3. The lowest BCUT2D eigenvalue weighted by atomic mass is 9.93. The van der Waals surface area contributed by atoms with E-state index >= 15 is 0 Å². The molecule has 17 heavy (non-hydrogen) atoms. The number of carbonyl (C=O) groups is 1. The van der Waals surface area contributed by atoms with E-state index in [1.54, 1.807) is 6.07 Å². The Morgan fingerprint density at radius 1 is 1.59 bits per heavy atom. The van der Waals surface area contributed by atoms with E-state index in [0.29, 0.717) is 10.9 Å². The standard InChI is InChI=1S/C12H14BrClFNO/c1-2-3-7(6-16)12(17)8-4-5-9(13)10(14)11(8)15/h4-5,7H,2-3,6,16H2,1H3. The molecule has 0 aliphatic carbocycles. The van der Waals surface area contributed by atoms with E-state index < -0.39 is 5.82 Å². The minimum absolute atomic E-state index is 0.0158. The number of halogens is 3. The zero-order valence-electron chi connectivity index (χ0n) is 9.47. The molecule has 0 aliphatic heterocycles. The van der Waals surface area contributed by atoms with E-state index in [1.807, 2.05) is 6.92 Å². The molecule has 0 amide bonds. The second kappa shape index (κ2) is 6.47. The number of nitrogens with two attached hydrogens (primary N) is 1. The zero-order chi connectivity index (χ0) is 13.0. The Bertz CT molecular complexity index is 425. The lowest BCUT2D eigenvalue weighted by molar-refractivity contribution is 0.0913. The van der Waals surface area contributed by atoms with Crippen LogP contribution in [0.4, 0.5) is 4.39 Å². The van der Waals surface area contributed by atoms with Gasteiger partial charge in [0.05, 0.1) is 10.6 Å². The smallest absolute Gasteiger partial charge is 0.170 e. The third-order valence-corrected chi connectivity index (χ3v) is 3.85. The Balaban J connectivity index is 3.08. The van der Waals surface area contributed by atoms with Gasteiger partial charge in [-0.15, -0.1) is 0 Å². The number of benzene rings is 1. The van der Waals surface area contributed by atoms with Crippen LogP contribution in [0.25, 0.3) is 0 Å². The topological polar surface area (TPSA) is 43.1 Å². The lowest BCUT2D eigenvalue weighted by Crippen LogP contribution is -2.24. The molecule has 1 aromatic rings. The quantitative estimate of drug-likeness (QED) is 0.662. The lowest BCUT2D eigenvalue weighted by Gasteiger charge is -2.13. The van der Waals surface area contributed by atoms with Crippen molar-refractivity contribution in [2.75, 3.05) is 6.54 Å². The predicted molar refractivity (Wildman–Crippen MR) is 70.9 cm³/mol. The second-order valence-corrected chi connectivity index (χ2v) is 5.04. The van der Waals surface area contributed by atoms with Crippen molar-refractivity contribution in [3.63, 3.8) is 0 Å². The van der Waals surface area contributed by atoms with Crippen molar-refractivity contribution in [1.29, 1.82) is 0 Å². The molecule has 2 N–H and O–H groups in total. The van der Waals surface area contributed by atoms with Crippen LogP contribution >= 0.6 is 27.5 Å². The number of Topliss-reactive ketones (excluding diaryl/α,β-unsaturated/α-hetero) is 1. The molecule has 0 saturated carbocycles. The van der Waals surface area contributed by atoms with Crippen LogP contribution in [0.15, 0.2) is 16.6 Å². The van der Waals surface area contributed by atoms with Gasteiger partial charge in [-0.05, 0) is 34.5 Å². The molecule has 0 spiro atoms. The first-order valence-corrected chi connectivity index (χ1v) is 6.57. The van der Waals surface area contributed by atoms with Gasteiger partial charge in [0.15, 0.2) is 11.6 Å². The van der Waals surface area contributed by atoms with Gasteiger partial charge in [0.1, 0.15) is 0 Å². The first-order valence-electron chi connectivity index (χ1n) is 5.40. The largest absolute Gasteiger partial charge is 0.330 e. The normalized spacial score (nSPS) is 12.5. The van der Waals surface area contributed by atoms with Crippen LogP contribution in [0, 0.1) is 11.7 Å². The summed E-state index contributed by atoms with van der Waals surface area (Å²) in [5, 5.41) is -0.0666. The van der Waals surface area contributed by atoms with Crippen molar-refractivity contribution in [2.24, 2.45) is 11.7 Å². The Morgan fingerprint density at radius 2 is 2.24 bits per heavy atom. The molecule has 0 radical (unpaired) electrons. The summed E-state index contributed by atoms with van der Waals surface area (Å²) in [4.78, 5) is 12.1. The fourth-order valence-corrected chi connectivity index (χ4v) is 2.11. The molecule has 1 atom stereocenters. The minimum atomic E-state index is -0.680. The average molecular weight is 323 g/mol. The molecule has 0 heterocycles. The minimum Gasteiger partial charge on any atom is -0.330 e. The van der Waals surface area contributed by atoms with Gasteiger partial charge in [0.2, 0.25) is 0 Å².